The van der Waals surface area contributed by atoms with E-state index in [-0.39, 0.29) is 5.91 Å². The maximum Gasteiger partial charge on any atom is 0.226 e. The molecule has 2 aromatic heterocycles. The highest BCUT2D eigenvalue weighted by atomic mass is 32.1. The van der Waals surface area contributed by atoms with E-state index in [2.05, 4.69) is 34.6 Å². The lowest BCUT2D eigenvalue weighted by Gasteiger charge is -2.04. The van der Waals surface area contributed by atoms with Crippen molar-refractivity contribution in [2.45, 2.75) is 18.8 Å². The first-order valence-corrected chi connectivity index (χ1v) is 8.97. The van der Waals surface area contributed by atoms with Crippen molar-refractivity contribution in [2.75, 3.05) is 6.54 Å². The molecule has 0 aliphatic heterocycles. The Bertz CT molecular complexity index is 811. The number of rotatable bonds is 6. The van der Waals surface area contributed by atoms with Crippen LogP contribution in [0.25, 0.3) is 10.8 Å². The summed E-state index contributed by atoms with van der Waals surface area (Å²) in [5.74, 6) is 1.93. The van der Waals surface area contributed by atoms with Gasteiger partial charge in [0.15, 0.2) is 10.8 Å². The van der Waals surface area contributed by atoms with Gasteiger partial charge in [-0.25, -0.2) is 4.98 Å². The number of hydrogen-bond acceptors (Lipinski definition) is 4. The second-order valence-corrected chi connectivity index (χ2v) is 6.97. The minimum Gasteiger partial charge on any atom is -0.462 e. The van der Waals surface area contributed by atoms with Gasteiger partial charge in [-0.3, -0.25) is 4.79 Å². The van der Waals surface area contributed by atoms with E-state index in [4.69, 9.17) is 4.42 Å². The second kappa shape index (κ2) is 6.61. The fourth-order valence-electron chi connectivity index (χ4n) is 2.96. The standard InChI is InChI=1S/C19H18N2O2S/c22-18(10-15-12-24-19(21-15)17-7-4-8-23-17)20-11-14-9-16(14)13-5-2-1-3-6-13/h1-8,12,14,16H,9-11H2,(H,20,22)/t14-,16-/m1/s1. The molecule has 1 saturated carbocycles. The second-order valence-electron chi connectivity index (χ2n) is 6.12. The van der Waals surface area contributed by atoms with Crippen molar-refractivity contribution in [3.8, 4) is 10.8 Å². The zero-order chi connectivity index (χ0) is 16.4. The van der Waals surface area contributed by atoms with Gasteiger partial charge in [0.2, 0.25) is 5.91 Å². The lowest BCUT2D eigenvalue weighted by molar-refractivity contribution is -0.120. The summed E-state index contributed by atoms with van der Waals surface area (Å²) in [4.78, 5) is 16.6. The molecule has 3 aromatic rings. The first kappa shape index (κ1) is 15.1. The molecule has 1 fully saturated rings. The Morgan fingerprint density at radius 3 is 2.92 bits per heavy atom. The highest BCUT2D eigenvalue weighted by Gasteiger charge is 2.37. The number of furan rings is 1. The molecule has 2 atom stereocenters. The number of hydrogen-bond donors (Lipinski definition) is 1. The fraction of sp³-hybridized carbons (Fsp3) is 0.263. The molecule has 1 aliphatic carbocycles. The predicted octanol–water partition coefficient (Wildman–Crippen LogP) is 3.87. The number of carbonyl (C=O) groups is 1. The minimum atomic E-state index is 0.0324. The van der Waals surface area contributed by atoms with Crippen LogP contribution >= 0.6 is 11.3 Å². The molecule has 0 unspecified atom stereocenters. The van der Waals surface area contributed by atoms with Gasteiger partial charge < -0.3 is 9.73 Å². The van der Waals surface area contributed by atoms with Crippen LogP contribution in [-0.2, 0) is 11.2 Å². The summed E-state index contributed by atoms with van der Waals surface area (Å²) >= 11 is 1.50. The smallest absolute Gasteiger partial charge is 0.226 e. The Labute approximate surface area is 144 Å². The summed E-state index contributed by atoms with van der Waals surface area (Å²) in [5, 5.41) is 5.77. The molecule has 1 aromatic carbocycles. The van der Waals surface area contributed by atoms with Gasteiger partial charge in [-0.2, -0.15) is 0 Å². The van der Waals surface area contributed by atoms with Crippen LogP contribution in [0.5, 0.6) is 0 Å². The molecule has 24 heavy (non-hydrogen) atoms. The molecule has 4 rings (SSSR count). The van der Waals surface area contributed by atoms with Crippen molar-refractivity contribution >= 4 is 17.2 Å². The summed E-state index contributed by atoms with van der Waals surface area (Å²) in [6.45, 7) is 0.744. The Balaban J connectivity index is 1.26. The first-order chi connectivity index (χ1) is 11.8. The molecule has 0 spiro atoms. The maximum atomic E-state index is 12.1. The maximum absolute atomic E-state index is 12.1. The minimum absolute atomic E-state index is 0.0324. The summed E-state index contributed by atoms with van der Waals surface area (Å²) in [6, 6.07) is 14.2. The highest BCUT2D eigenvalue weighted by Crippen LogP contribution is 2.46. The molecule has 0 saturated heterocycles. The third-order valence-electron chi connectivity index (χ3n) is 4.34. The van der Waals surface area contributed by atoms with Crippen molar-refractivity contribution in [1.29, 1.82) is 0 Å². The van der Waals surface area contributed by atoms with Crippen molar-refractivity contribution < 1.29 is 9.21 Å². The number of thiazole rings is 1. The predicted molar refractivity (Wildman–Crippen MR) is 93.8 cm³/mol. The van der Waals surface area contributed by atoms with E-state index < -0.39 is 0 Å². The van der Waals surface area contributed by atoms with Crippen LogP contribution in [0.1, 0.15) is 23.6 Å². The first-order valence-electron chi connectivity index (χ1n) is 8.09. The molecule has 0 radical (unpaired) electrons. The van der Waals surface area contributed by atoms with Gasteiger partial charge >= 0.3 is 0 Å². The molecule has 0 bridgehead atoms. The molecule has 1 amide bonds. The number of carbonyl (C=O) groups excluding carboxylic acids is 1. The van der Waals surface area contributed by atoms with Gasteiger partial charge in [-0.15, -0.1) is 11.3 Å². The zero-order valence-corrected chi connectivity index (χ0v) is 14.0. The molecule has 1 N–H and O–H groups in total. The lowest BCUT2D eigenvalue weighted by Crippen LogP contribution is -2.27. The Morgan fingerprint density at radius 1 is 1.25 bits per heavy atom. The summed E-state index contributed by atoms with van der Waals surface area (Å²) < 4.78 is 5.33. The van der Waals surface area contributed by atoms with Crippen LogP contribution in [0.4, 0.5) is 0 Å². The highest BCUT2D eigenvalue weighted by molar-refractivity contribution is 7.13. The van der Waals surface area contributed by atoms with Crippen LogP contribution in [0.3, 0.4) is 0 Å². The molecule has 4 nitrogen and oxygen atoms in total. The van der Waals surface area contributed by atoms with Gasteiger partial charge in [0, 0.05) is 11.9 Å². The van der Waals surface area contributed by atoms with E-state index in [1.54, 1.807) is 6.26 Å². The molecule has 122 valence electrons. The molecule has 5 heteroatoms. The number of nitrogens with one attached hydrogen (secondary N) is 1. The van der Waals surface area contributed by atoms with Gasteiger partial charge in [-0.05, 0) is 36.0 Å². The van der Waals surface area contributed by atoms with E-state index in [0.29, 0.717) is 18.3 Å². The van der Waals surface area contributed by atoms with Crippen LogP contribution in [0, 0.1) is 5.92 Å². The Kier molecular flexibility index (Phi) is 4.17. The number of benzene rings is 1. The van der Waals surface area contributed by atoms with Crippen molar-refractivity contribution in [2.24, 2.45) is 5.92 Å². The average molecular weight is 338 g/mol. The zero-order valence-electron chi connectivity index (χ0n) is 13.1. The summed E-state index contributed by atoms with van der Waals surface area (Å²) in [5.41, 5.74) is 2.17. The van der Waals surface area contributed by atoms with Crippen molar-refractivity contribution in [1.82, 2.24) is 10.3 Å². The number of aromatic nitrogens is 1. The summed E-state index contributed by atoms with van der Waals surface area (Å²) in [7, 11) is 0. The van der Waals surface area contributed by atoms with Crippen LogP contribution in [-0.4, -0.2) is 17.4 Å². The number of amides is 1. The SMILES string of the molecule is O=C(Cc1csc(-c2ccco2)n1)NC[C@H]1C[C@@H]1c1ccccc1. The van der Waals surface area contributed by atoms with Gasteiger partial charge in [-0.1, -0.05) is 30.3 Å². The average Bonchev–Trinajstić information content (AvgIpc) is 2.99. The van der Waals surface area contributed by atoms with E-state index in [9.17, 15) is 4.79 Å². The Hall–Kier alpha value is -2.40. The molecule has 2 heterocycles. The van der Waals surface area contributed by atoms with E-state index in [0.717, 1.165) is 29.4 Å². The largest absolute Gasteiger partial charge is 0.462 e. The van der Waals surface area contributed by atoms with Crippen molar-refractivity contribution in [3.63, 3.8) is 0 Å². The van der Waals surface area contributed by atoms with Crippen LogP contribution < -0.4 is 5.32 Å². The monoisotopic (exact) mass is 338 g/mol. The lowest BCUT2D eigenvalue weighted by atomic mass is 10.1. The molecular weight excluding hydrogens is 320 g/mol. The van der Waals surface area contributed by atoms with Gasteiger partial charge in [0.05, 0.1) is 18.4 Å². The van der Waals surface area contributed by atoms with Gasteiger partial charge in [0.25, 0.3) is 0 Å². The number of nitrogens with zero attached hydrogens (tertiary/aromatic N) is 1. The molecular formula is C19H18N2O2S. The van der Waals surface area contributed by atoms with E-state index in [1.165, 1.54) is 16.9 Å². The summed E-state index contributed by atoms with van der Waals surface area (Å²) in [6.07, 6.45) is 3.10. The van der Waals surface area contributed by atoms with Crippen LogP contribution in [0.15, 0.2) is 58.5 Å². The van der Waals surface area contributed by atoms with E-state index in [1.807, 2.05) is 23.6 Å². The molecule has 1 aliphatic rings. The van der Waals surface area contributed by atoms with Crippen molar-refractivity contribution in [3.05, 3.63) is 65.4 Å². The van der Waals surface area contributed by atoms with Gasteiger partial charge in [0.1, 0.15) is 0 Å². The third-order valence-corrected chi connectivity index (χ3v) is 5.24. The fourth-order valence-corrected chi connectivity index (χ4v) is 3.74. The third kappa shape index (κ3) is 3.41. The normalized spacial score (nSPS) is 19.2. The van der Waals surface area contributed by atoms with E-state index >= 15 is 0 Å². The topological polar surface area (TPSA) is 55.1 Å². The quantitative estimate of drug-likeness (QED) is 0.742. The Morgan fingerprint density at radius 2 is 2.12 bits per heavy atom. The van der Waals surface area contributed by atoms with Crippen LogP contribution in [0.2, 0.25) is 0 Å².